The predicted octanol–water partition coefficient (Wildman–Crippen LogP) is 6.13. The van der Waals surface area contributed by atoms with Crippen molar-refractivity contribution in [2.75, 3.05) is 20.8 Å². The molecule has 0 unspecified atom stereocenters. The molecule has 0 aliphatic heterocycles. The molecule has 0 spiro atoms. The Morgan fingerprint density at radius 2 is 1.70 bits per heavy atom. The van der Waals surface area contributed by atoms with Crippen LogP contribution in [0.1, 0.15) is 32.9 Å². The molecule has 0 atom stereocenters. The van der Waals surface area contributed by atoms with Gasteiger partial charge in [-0.25, -0.2) is 32.3 Å². The molecular weight excluding hydrogens is 580 g/mol. The van der Waals surface area contributed by atoms with Gasteiger partial charge in [0.2, 0.25) is 5.88 Å². The van der Waals surface area contributed by atoms with Crippen LogP contribution in [0.5, 0.6) is 5.88 Å². The van der Waals surface area contributed by atoms with Crippen LogP contribution in [0.4, 0.5) is 17.6 Å². The molecule has 12 heteroatoms. The van der Waals surface area contributed by atoms with Gasteiger partial charge in [0.25, 0.3) is 0 Å². The number of imidazole rings is 1. The Balaban J connectivity index is 1.43. The number of hydrogen-bond acceptors (Lipinski definition) is 7. The summed E-state index contributed by atoms with van der Waals surface area (Å²) < 4.78 is 77.0. The van der Waals surface area contributed by atoms with Crippen LogP contribution >= 0.6 is 0 Å². The van der Waals surface area contributed by atoms with Crippen molar-refractivity contribution in [3.8, 4) is 23.2 Å². The summed E-state index contributed by atoms with van der Waals surface area (Å²) in [5.41, 5.74) is 0.469. The quantitative estimate of drug-likeness (QED) is 0.140. The van der Waals surface area contributed by atoms with Crippen molar-refractivity contribution in [3.05, 3.63) is 112 Å². The maximum Gasteiger partial charge on any atom is 0.338 e. The van der Waals surface area contributed by atoms with Crippen LogP contribution in [0, 0.1) is 34.6 Å². The molecular formula is C32H24F4N4O4. The van der Waals surface area contributed by atoms with Crippen molar-refractivity contribution in [3.63, 3.8) is 0 Å². The molecule has 5 rings (SSSR count). The Kier molecular flexibility index (Phi) is 8.87. The van der Waals surface area contributed by atoms with E-state index in [4.69, 9.17) is 19.5 Å². The van der Waals surface area contributed by atoms with Crippen LogP contribution in [0.2, 0.25) is 0 Å². The van der Waals surface area contributed by atoms with Crippen molar-refractivity contribution in [1.82, 2.24) is 14.5 Å². The molecule has 5 aromatic rings. The average molecular weight is 605 g/mol. The van der Waals surface area contributed by atoms with E-state index >= 15 is 8.78 Å². The zero-order valence-electron chi connectivity index (χ0n) is 23.5. The monoisotopic (exact) mass is 604 g/mol. The van der Waals surface area contributed by atoms with Crippen LogP contribution in [-0.2, 0) is 29.0 Å². The standard InChI is InChI=1S/C32H24F4N4O4/c1-42-9-8-40-28-13-21(32(41)43-2)12-26(36)31(28)39-29(40)14-20-11-25(35)22(15-24(20)34)27-4-3-5-30(38-27)44-17-19-7-6-18(16-37)10-23(19)33/h3-7,10-13,15H,8-9,14,17H2,1-2H3. The smallest absolute Gasteiger partial charge is 0.338 e. The number of aromatic nitrogens is 3. The Bertz CT molecular complexity index is 1920. The first kappa shape index (κ1) is 30.2. The number of carbonyl (C=O) groups excluding carboxylic acids is 1. The van der Waals surface area contributed by atoms with Crippen molar-refractivity contribution < 1.29 is 36.6 Å². The van der Waals surface area contributed by atoms with E-state index in [0.717, 1.165) is 24.3 Å². The highest BCUT2D eigenvalue weighted by Gasteiger charge is 2.21. The van der Waals surface area contributed by atoms with E-state index in [9.17, 15) is 13.6 Å². The number of pyridine rings is 1. The van der Waals surface area contributed by atoms with Crippen LogP contribution < -0.4 is 4.74 Å². The van der Waals surface area contributed by atoms with Gasteiger partial charge in [-0.1, -0.05) is 12.1 Å². The molecule has 224 valence electrons. The minimum atomic E-state index is -0.775. The number of halogens is 4. The third-order valence-corrected chi connectivity index (χ3v) is 6.87. The number of benzene rings is 3. The van der Waals surface area contributed by atoms with Crippen molar-refractivity contribution in [1.29, 1.82) is 5.26 Å². The molecule has 0 aliphatic rings. The highest BCUT2D eigenvalue weighted by Crippen LogP contribution is 2.29. The minimum Gasteiger partial charge on any atom is -0.473 e. The second-order valence-corrected chi connectivity index (χ2v) is 9.66. The fraction of sp³-hybridized carbons (Fsp3) is 0.188. The van der Waals surface area contributed by atoms with Crippen molar-refractivity contribution in [2.45, 2.75) is 19.6 Å². The molecule has 0 bridgehead atoms. The van der Waals surface area contributed by atoms with Gasteiger partial charge in [-0.2, -0.15) is 5.26 Å². The van der Waals surface area contributed by atoms with Crippen molar-refractivity contribution in [2.24, 2.45) is 0 Å². The average Bonchev–Trinajstić information content (AvgIpc) is 3.37. The van der Waals surface area contributed by atoms with E-state index in [0.29, 0.717) is 0 Å². The zero-order chi connectivity index (χ0) is 31.4. The maximum atomic E-state index is 15.4. The lowest BCUT2D eigenvalue weighted by atomic mass is 10.0. The normalized spacial score (nSPS) is 11.0. The lowest BCUT2D eigenvalue weighted by Gasteiger charge is -2.12. The molecule has 2 aromatic heterocycles. The second kappa shape index (κ2) is 12.9. The molecule has 3 aromatic carbocycles. The zero-order valence-corrected chi connectivity index (χ0v) is 23.5. The van der Waals surface area contributed by atoms with Gasteiger partial charge in [-0.15, -0.1) is 0 Å². The number of hydrogen-bond donors (Lipinski definition) is 0. The van der Waals surface area contributed by atoms with Crippen LogP contribution in [0.3, 0.4) is 0 Å². The van der Waals surface area contributed by atoms with E-state index < -0.39 is 29.2 Å². The fourth-order valence-corrected chi connectivity index (χ4v) is 4.65. The Labute approximate surface area is 249 Å². The third-order valence-electron chi connectivity index (χ3n) is 6.87. The molecule has 0 fully saturated rings. The lowest BCUT2D eigenvalue weighted by Crippen LogP contribution is -2.10. The fourth-order valence-electron chi connectivity index (χ4n) is 4.65. The topological polar surface area (TPSA) is 99.3 Å². The molecule has 2 heterocycles. The molecule has 44 heavy (non-hydrogen) atoms. The largest absolute Gasteiger partial charge is 0.473 e. The van der Waals surface area contributed by atoms with Crippen LogP contribution in [0.25, 0.3) is 22.3 Å². The van der Waals surface area contributed by atoms with Crippen molar-refractivity contribution >= 4 is 17.0 Å². The van der Waals surface area contributed by atoms with Gasteiger partial charge in [0.05, 0.1) is 42.1 Å². The molecule has 0 radical (unpaired) electrons. The molecule has 0 saturated heterocycles. The van der Waals surface area contributed by atoms with Gasteiger partial charge in [0.15, 0.2) is 5.82 Å². The summed E-state index contributed by atoms with van der Waals surface area (Å²) in [6.45, 7) is 0.216. The third kappa shape index (κ3) is 6.23. The first-order valence-electron chi connectivity index (χ1n) is 13.2. The van der Waals surface area contributed by atoms with Gasteiger partial charge >= 0.3 is 5.97 Å². The van der Waals surface area contributed by atoms with E-state index in [1.54, 1.807) is 4.57 Å². The number of rotatable bonds is 10. The maximum absolute atomic E-state index is 15.4. The van der Waals surface area contributed by atoms with Gasteiger partial charge < -0.3 is 18.8 Å². The first-order chi connectivity index (χ1) is 21.2. The van der Waals surface area contributed by atoms with Gasteiger partial charge in [-0.3, -0.25) is 0 Å². The highest BCUT2D eigenvalue weighted by molar-refractivity contribution is 5.94. The van der Waals surface area contributed by atoms with E-state index in [1.165, 1.54) is 50.6 Å². The number of ether oxygens (including phenoxy) is 3. The molecule has 0 aliphatic carbocycles. The second-order valence-electron chi connectivity index (χ2n) is 9.66. The summed E-state index contributed by atoms with van der Waals surface area (Å²) in [5.74, 6) is -3.37. The van der Waals surface area contributed by atoms with Gasteiger partial charge in [0.1, 0.15) is 35.4 Å². The number of nitrogens with zero attached hydrogens (tertiary/aromatic N) is 4. The Morgan fingerprint density at radius 1 is 0.909 bits per heavy atom. The number of fused-ring (bicyclic) bond motifs is 1. The molecule has 8 nitrogen and oxygen atoms in total. The number of esters is 1. The molecule has 0 saturated carbocycles. The summed E-state index contributed by atoms with van der Waals surface area (Å²) in [5, 5.41) is 8.90. The summed E-state index contributed by atoms with van der Waals surface area (Å²) in [6.07, 6.45) is -0.193. The molecule has 0 N–H and O–H groups in total. The van der Waals surface area contributed by atoms with E-state index in [-0.39, 0.29) is 82.4 Å². The summed E-state index contributed by atoms with van der Waals surface area (Å²) >= 11 is 0. The van der Waals surface area contributed by atoms with Gasteiger partial charge in [-0.05, 0) is 48.0 Å². The minimum absolute atomic E-state index is 0.0232. The number of nitriles is 1. The summed E-state index contributed by atoms with van der Waals surface area (Å²) in [7, 11) is 2.66. The van der Waals surface area contributed by atoms with E-state index in [1.807, 2.05) is 6.07 Å². The highest BCUT2D eigenvalue weighted by atomic mass is 19.1. The van der Waals surface area contributed by atoms with Crippen LogP contribution in [-0.4, -0.2) is 41.3 Å². The molecule has 0 amide bonds. The summed E-state index contributed by atoms with van der Waals surface area (Å²) in [4.78, 5) is 20.6. The Hall–Kier alpha value is -5.28. The first-order valence-corrected chi connectivity index (χ1v) is 13.2. The lowest BCUT2D eigenvalue weighted by molar-refractivity contribution is 0.0600. The predicted molar refractivity (Wildman–Crippen MR) is 151 cm³/mol. The Morgan fingerprint density at radius 3 is 2.43 bits per heavy atom. The van der Waals surface area contributed by atoms with Gasteiger partial charge in [0, 0.05) is 37.3 Å². The van der Waals surface area contributed by atoms with E-state index in [2.05, 4.69) is 9.97 Å². The van der Waals surface area contributed by atoms with Crippen LogP contribution in [0.15, 0.2) is 60.7 Å². The summed E-state index contributed by atoms with van der Waals surface area (Å²) in [6, 6.07) is 14.7. The number of carbonyl (C=O) groups is 1. The number of methoxy groups -OCH3 is 2. The SMILES string of the molecule is COCCn1c(Cc2cc(F)c(-c3cccc(OCc4ccc(C#N)cc4F)n3)cc2F)nc2c(F)cc(C(=O)OC)cc21.